The van der Waals surface area contributed by atoms with E-state index in [1.165, 1.54) is 4.90 Å². The predicted octanol–water partition coefficient (Wildman–Crippen LogP) is 2.80. The molecule has 0 aromatic heterocycles. The van der Waals surface area contributed by atoms with Crippen molar-refractivity contribution >= 4 is 39.4 Å². The number of amides is 2. The molecule has 0 atom stereocenters. The SMILES string of the molecule is Cc1cc(Br)ccc1NC(=O)CN(C)C(=O)CCCCC(=O)O. The summed E-state index contributed by atoms with van der Waals surface area (Å²) in [6.07, 6.45) is 1.26. The van der Waals surface area contributed by atoms with Crippen LogP contribution in [0.3, 0.4) is 0 Å². The van der Waals surface area contributed by atoms with Crippen LogP contribution < -0.4 is 5.32 Å². The van der Waals surface area contributed by atoms with Crippen molar-refractivity contribution in [2.75, 3.05) is 18.9 Å². The van der Waals surface area contributed by atoms with E-state index in [9.17, 15) is 14.4 Å². The van der Waals surface area contributed by atoms with E-state index >= 15 is 0 Å². The van der Waals surface area contributed by atoms with Gasteiger partial charge in [-0.25, -0.2) is 0 Å². The van der Waals surface area contributed by atoms with E-state index in [4.69, 9.17) is 5.11 Å². The predicted molar refractivity (Wildman–Crippen MR) is 91.2 cm³/mol. The lowest BCUT2D eigenvalue weighted by Crippen LogP contribution is -2.34. The van der Waals surface area contributed by atoms with Crippen molar-refractivity contribution in [1.82, 2.24) is 4.90 Å². The van der Waals surface area contributed by atoms with Gasteiger partial charge in [-0.1, -0.05) is 15.9 Å². The Balaban J connectivity index is 2.40. The van der Waals surface area contributed by atoms with Crippen molar-refractivity contribution in [3.05, 3.63) is 28.2 Å². The minimum Gasteiger partial charge on any atom is -0.481 e. The fourth-order valence-electron chi connectivity index (χ4n) is 2.00. The number of hydrogen-bond acceptors (Lipinski definition) is 3. The first-order chi connectivity index (χ1) is 10.8. The van der Waals surface area contributed by atoms with Gasteiger partial charge in [0.15, 0.2) is 0 Å². The molecule has 0 unspecified atom stereocenters. The molecule has 2 N–H and O–H groups in total. The number of carboxylic acids is 1. The molecule has 126 valence electrons. The van der Waals surface area contributed by atoms with Crippen LogP contribution in [0.4, 0.5) is 5.69 Å². The number of rotatable bonds is 8. The number of nitrogens with zero attached hydrogens (tertiary/aromatic N) is 1. The van der Waals surface area contributed by atoms with Gasteiger partial charge >= 0.3 is 5.97 Å². The van der Waals surface area contributed by atoms with Crippen LogP contribution in [-0.4, -0.2) is 41.4 Å². The van der Waals surface area contributed by atoms with Crippen LogP contribution in [0.15, 0.2) is 22.7 Å². The Morgan fingerprint density at radius 2 is 1.87 bits per heavy atom. The molecule has 1 aromatic carbocycles. The maximum absolute atomic E-state index is 12.0. The van der Waals surface area contributed by atoms with Gasteiger partial charge in [-0.2, -0.15) is 0 Å². The minimum atomic E-state index is -0.866. The number of aryl methyl sites for hydroxylation is 1. The lowest BCUT2D eigenvalue weighted by Gasteiger charge is -2.17. The first kappa shape index (κ1) is 19.2. The van der Waals surface area contributed by atoms with Gasteiger partial charge in [0.2, 0.25) is 11.8 Å². The summed E-state index contributed by atoms with van der Waals surface area (Å²) < 4.78 is 0.932. The molecular formula is C16H21BrN2O4. The number of hydrogen-bond donors (Lipinski definition) is 2. The average Bonchev–Trinajstić information content (AvgIpc) is 2.46. The minimum absolute atomic E-state index is 0.0345. The number of carbonyl (C=O) groups is 3. The normalized spacial score (nSPS) is 10.2. The topological polar surface area (TPSA) is 86.7 Å². The molecule has 0 fully saturated rings. The van der Waals surface area contributed by atoms with Gasteiger partial charge in [-0.3, -0.25) is 14.4 Å². The van der Waals surface area contributed by atoms with Crippen LogP contribution in [0, 0.1) is 6.92 Å². The first-order valence-electron chi connectivity index (χ1n) is 7.31. The second-order valence-corrected chi connectivity index (χ2v) is 6.27. The lowest BCUT2D eigenvalue weighted by atomic mass is 10.2. The molecular weight excluding hydrogens is 364 g/mol. The van der Waals surface area contributed by atoms with E-state index in [1.807, 2.05) is 19.1 Å². The molecule has 0 aliphatic rings. The summed E-state index contributed by atoms with van der Waals surface area (Å²) in [5.41, 5.74) is 1.64. The average molecular weight is 385 g/mol. The molecule has 6 nitrogen and oxygen atoms in total. The van der Waals surface area contributed by atoms with E-state index in [-0.39, 0.29) is 31.2 Å². The molecule has 0 saturated heterocycles. The fraction of sp³-hybridized carbons (Fsp3) is 0.438. The van der Waals surface area contributed by atoms with E-state index in [1.54, 1.807) is 13.1 Å². The number of carbonyl (C=O) groups excluding carboxylic acids is 2. The zero-order valence-corrected chi connectivity index (χ0v) is 14.9. The van der Waals surface area contributed by atoms with Crippen molar-refractivity contribution in [1.29, 1.82) is 0 Å². The van der Waals surface area contributed by atoms with Gasteiger partial charge in [-0.05, 0) is 43.5 Å². The maximum Gasteiger partial charge on any atom is 0.303 e. The van der Waals surface area contributed by atoms with Gasteiger partial charge in [0, 0.05) is 30.0 Å². The fourth-order valence-corrected chi connectivity index (χ4v) is 2.48. The van der Waals surface area contributed by atoms with Crippen LogP contribution in [0.5, 0.6) is 0 Å². The zero-order valence-electron chi connectivity index (χ0n) is 13.3. The van der Waals surface area contributed by atoms with Gasteiger partial charge in [0.25, 0.3) is 0 Å². The number of carboxylic acid groups (broad SMARTS) is 1. The Hall–Kier alpha value is -1.89. The van der Waals surface area contributed by atoms with Gasteiger partial charge in [0.05, 0.1) is 6.54 Å². The Kier molecular flexibility index (Phi) is 7.74. The third-order valence-electron chi connectivity index (χ3n) is 3.30. The largest absolute Gasteiger partial charge is 0.481 e. The van der Waals surface area contributed by atoms with Crippen molar-refractivity contribution < 1.29 is 19.5 Å². The zero-order chi connectivity index (χ0) is 17.4. The number of benzene rings is 1. The number of likely N-dealkylation sites (N-methyl/N-ethyl adjacent to an activating group) is 1. The van der Waals surface area contributed by atoms with E-state index < -0.39 is 5.97 Å². The maximum atomic E-state index is 12.0. The molecule has 0 aliphatic carbocycles. The summed E-state index contributed by atoms with van der Waals surface area (Å²) in [6, 6.07) is 5.53. The monoisotopic (exact) mass is 384 g/mol. The highest BCUT2D eigenvalue weighted by Crippen LogP contribution is 2.19. The molecule has 7 heteroatoms. The first-order valence-corrected chi connectivity index (χ1v) is 8.10. The van der Waals surface area contributed by atoms with Crippen LogP contribution in [0.2, 0.25) is 0 Å². The highest BCUT2D eigenvalue weighted by atomic mass is 79.9. The van der Waals surface area contributed by atoms with Gasteiger partial charge in [-0.15, -0.1) is 0 Å². The third kappa shape index (κ3) is 7.27. The molecule has 23 heavy (non-hydrogen) atoms. The highest BCUT2D eigenvalue weighted by Gasteiger charge is 2.13. The number of nitrogens with one attached hydrogen (secondary N) is 1. The van der Waals surface area contributed by atoms with Crippen LogP contribution >= 0.6 is 15.9 Å². The summed E-state index contributed by atoms with van der Waals surface area (Å²) in [6.45, 7) is 1.85. The van der Waals surface area contributed by atoms with Crippen molar-refractivity contribution in [2.45, 2.75) is 32.6 Å². The Labute approximate surface area is 144 Å². The summed E-state index contributed by atoms with van der Waals surface area (Å²) >= 11 is 3.36. The number of unbranched alkanes of at least 4 members (excludes halogenated alkanes) is 1. The highest BCUT2D eigenvalue weighted by molar-refractivity contribution is 9.10. The summed E-state index contributed by atoms with van der Waals surface area (Å²) in [5.74, 6) is -1.30. The second-order valence-electron chi connectivity index (χ2n) is 5.36. The molecule has 0 radical (unpaired) electrons. The summed E-state index contributed by atoms with van der Waals surface area (Å²) in [5, 5.41) is 11.3. The number of anilines is 1. The molecule has 0 spiro atoms. The van der Waals surface area contributed by atoms with E-state index in [2.05, 4.69) is 21.2 Å². The third-order valence-corrected chi connectivity index (χ3v) is 3.79. The Morgan fingerprint density at radius 1 is 1.22 bits per heavy atom. The smallest absolute Gasteiger partial charge is 0.303 e. The summed E-state index contributed by atoms with van der Waals surface area (Å²) in [4.78, 5) is 35.6. The molecule has 1 aromatic rings. The van der Waals surface area contributed by atoms with Crippen molar-refractivity contribution in [3.8, 4) is 0 Å². The quantitative estimate of drug-likeness (QED) is 0.674. The van der Waals surface area contributed by atoms with E-state index in [0.29, 0.717) is 18.5 Å². The molecule has 0 heterocycles. The van der Waals surface area contributed by atoms with Crippen molar-refractivity contribution in [3.63, 3.8) is 0 Å². The lowest BCUT2D eigenvalue weighted by molar-refractivity contribution is -0.137. The van der Waals surface area contributed by atoms with Crippen LogP contribution in [0.25, 0.3) is 0 Å². The molecule has 1 rings (SSSR count). The Bertz CT molecular complexity index is 589. The number of halogens is 1. The standard InChI is InChI=1S/C16H21BrN2O4/c1-11-9-12(17)7-8-13(11)18-14(20)10-19(2)15(21)5-3-4-6-16(22)23/h7-9H,3-6,10H2,1-2H3,(H,18,20)(H,22,23). The Morgan fingerprint density at radius 3 is 2.48 bits per heavy atom. The number of aliphatic carboxylic acids is 1. The van der Waals surface area contributed by atoms with Crippen molar-refractivity contribution in [2.24, 2.45) is 0 Å². The molecule has 2 amide bonds. The molecule has 0 aliphatic heterocycles. The van der Waals surface area contributed by atoms with Crippen LogP contribution in [-0.2, 0) is 14.4 Å². The summed E-state index contributed by atoms with van der Waals surface area (Å²) in [7, 11) is 1.56. The van der Waals surface area contributed by atoms with Gasteiger partial charge in [0.1, 0.15) is 0 Å². The molecule has 0 bridgehead atoms. The van der Waals surface area contributed by atoms with Gasteiger partial charge < -0.3 is 15.3 Å². The second kappa shape index (κ2) is 9.29. The van der Waals surface area contributed by atoms with Crippen LogP contribution in [0.1, 0.15) is 31.2 Å². The van der Waals surface area contributed by atoms with E-state index in [0.717, 1.165) is 10.0 Å². The molecule has 0 saturated carbocycles.